The fourth-order valence-corrected chi connectivity index (χ4v) is 2.35. The van der Waals surface area contributed by atoms with Crippen LogP contribution >= 0.6 is 0 Å². The van der Waals surface area contributed by atoms with Crippen molar-refractivity contribution >= 4 is 15.7 Å². The van der Waals surface area contributed by atoms with Crippen molar-refractivity contribution in [1.29, 1.82) is 0 Å². The summed E-state index contributed by atoms with van der Waals surface area (Å²) in [6, 6.07) is 14.6. The third kappa shape index (κ3) is 2.76. The number of hydrogen-bond donors (Lipinski definition) is 2. The Morgan fingerprint density at radius 3 is 2.41 bits per heavy atom. The van der Waals surface area contributed by atoms with Crippen LogP contribution in [0.4, 0.5) is 5.69 Å². The van der Waals surface area contributed by atoms with Gasteiger partial charge >= 0.3 is 0 Å². The molecule has 0 aliphatic carbocycles. The van der Waals surface area contributed by atoms with Crippen LogP contribution in [0.2, 0.25) is 0 Å². The first-order chi connectivity index (χ1) is 8.08. The van der Waals surface area contributed by atoms with Gasteiger partial charge in [-0.1, -0.05) is 12.1 Å². The minimum atomic E-state index is -3.61. The average Bonchev–Trinajstić information content (AvgIpc) is 2.30. The zero-order chi connectivity index (χ0) is 12.3. The lowest BCUT2D eigenvalue weighted by Gasteiger charge is -2.07. The topological polar surface area (TPSA) is 66.4 Å². The monoisotopic (exact) mass is 248 g/mol. The van der Waals surface area contributed by atoms with Crippen molar-refractivity contribution in [3.05, 3.63) is 54.6 Å². The molecule has 0 bridgehead atoms. The van der Waals surface area contributed by atoms with E-state index in [0.29, 0.717) is 5.69 Å². The molecule has 5 heteroatoms. The van der Waals surface area contributed by atoms with Gasteiger partial charge in [0.15, 0.2) is 0 Å². The molecule has 0 aliphatic heterocycles. The molecule has 2 N–H and O–H groups in total. The van der Waals surface area contributed by atoms with Gasteiger partial charge in [-0.3, -0.25) is 4.72 Å². The molecule has 17 heavy (non-hydrogen) atoms. The highest BCUT2D eigenvalue weighted by molar-refractivity contribution is 7.92. The average molecular weight is 248 g/mol. The Morgan fingerprint density at radius 2 is 1.82 bits per heavy atom. The number of benzene rings is 2. The van der Waals surface area contributed by atoms with Crippen LogP contribution in [0.5, 0.6) is 5.75 Å². The van der Waals surface area contributed by atoms with E-state index >= 15 is 0 Å². The van der Waals surface area contributed by atoms with E-state index in [1.54, 1.807) is 18.2 Å². The number of hydrogen-bond acceptors (Lipinski definition) is 3. The Kier molecular flexibility index (Phi) is 3.01. The Labute approximate surface area is 99.6 Å². The first-order valence-corrected chi connectivity index (χ1v) is 6.34. The minimum Gasteiger partial charge on any atom is -0.508 e. The number of nitrogens with one attached hydrogen (secondary N) is 1. The highest BCUT2D eigenvalue weighted by atomic mass is 32.2. The van der Waals surface area contributed by atoms with Crippen molar-refractivity contribution < 1.29 is 13.5 Å². The summed E-state index contributed by atoms with van der Waals surface area (Å²) in [6.45, 7) is 0. The number of phenols is 1. The lowest BCUT2D eigenvalue weighted by Crippen LogP contribution is -2.12. The fraction of sp³-hybridized carbons (Fsp3) is 0. The van der Waals surface area contributed by atoms with Gasteiger partial charge < -0.3 is 5.11 Å². The van der Waals surface area contributed by atoms with Gasteiger partial charge in [0.05, 0.1) is 4.90 Å². The Bertz CT molecular complexity index is 591. The van der Waals surface area contributed by atoms with Gasteiger partial charge in [-0.2, -0.15) is 0 Å². The van der Waals surface area contributed by atoms with E-state index < -0.39 is 10.0 Å². The normalized spacial score (nSPS) is 11.1. The fourth-order valence-electron chi connectivity index (χ4n) is 1.30. The van der Waals surface area contributed by atoms with Crippen LogP contribution in [0.15, 0.2) is 53.4 Å². The molecule has 0 amide bonds. The first kappa shape index (κ1) is 11.5. The summed E-state index contributed by atoms with van der Waals surface area (Å²) in [5.41, 5.74) is 0.445. The van der Waals surface area contributed by atoms with E-state index in [1.807, 2.05) is 0 Å². The maximum absolute atomic E-state index is 11.9. The zero-order valence-corrected chi connectivity index (χ0v) is 9.61. The summed E-state index contributed by atoms with van der Waals surface area (Å²) in [5.74, 6) is 0.0250. The first-order valence-electron chi connectivity index (χ1n) is 4.86. The molecule has 0 atom stereocenters. The van der Waals surface area contributed by atoms with Crippen LogP contribution in [0.3, 0.4) is 0 Å². The van der Waals surface area contributed by atoms with E-state index in [1.165, 1.54) is 30.3 Å². The minimum absolute atomic E-state index is 0.0250. The van der Waals surface area contributed by atoms with E-state index in [0.717, 1.165) is 0 Å². The van der Waals surface area contributed by atoms with Crippen LogP contribution < -0.4 is 4.72 Å². The molecule has 0 saturated heterocycles. The molecule has 87 valence electrons. The number of anilines is 1. The Hall–Kier alpha value is -2.01. The van der Waals surface area contributed by atoms with Gasteiger partial charge in [-0.25, -0.2) is 8.42 Å². The van der Waals surface area contributed by atoms with Gasteiger partial charge in [0.1, 0.15) is 5.75 Å². The van der Waals surface area contributed by atoms with Crippen LogP contribution in [0, 0.1) is 6.07 Å². The predicted octanol–water partition coefficient (Wildman–Crippen LogP) is 1.99. The quantitative estimate of drug-likeness (QED) is 0.873. The second-order valence-corrected chi connectivity index (χ2v) is 5.07. The largest absolute Gasteiger partial charge is 0.508 e. The van der Waals surface area contributed by atoms with Gasteiger partial charge in [-0.15, -0.1) is 0 Å². The summed E-state index contributed by atoms with van der Waals surface area (Å²) in [6.07, 6.45) is 0. The molecule has 0 unspecified atom stereocenters. The van der Waals surface area contributed by atoms with Crippen LogP contribution in [0.25, 0.3) is 0 Å². The maximum atomic E-state index is 11.9. The second-order valence-electron chi connectivity index (χ2n) is 3.39. The van der Waals surface area contributed by atoms with Crippen LogP contribution in [-0.2, 0) is 10.0 Å². The highest BCUT2D eigenvalue weighted by Gasteiger charge is 2.13. The van der Waals surface area contributed by atoms with Crippen LogP contribution in [0.1, 0.15) is 0 Å². The summed E-state index contributed by atoms with van der Waals surface area (Å²) in [7, 11) is -3.61. The zero-order valence-electron chi connectivity index (χ0n) is 8.79. The molecule has 2 aromatic carbocycles. The molecule has 4 nitrogen and oxygen atoms in total. The molecule has 0 fully saturated rings. The molecule has 0 saturated carbocycles. The van der Waals surface area contributed by atoms with Crippen molar-refractivity contribution in [2.45, 2.75) is 4.90 Å². The lowest BCUT2D eigenvalue weighted by molar-refractivity contribution is 0.475. The standard InChI is InChI=1S/C12H10NO3S/c14-11-6-8-12(9-7-11)17(15,16)13-10-4-2-1-3-5-10/h1-2,4-9,13-14H. The molecular weight excluding hydrogens is 238 g/mol. The number of aromatic hydroxyl groups is 1. The lowest BCUT2D eigenvalue weighted by atomic mass is 10.3. The summed E-state index contributed by atoms with van der Waals surface area (Å²) in [4.78, 5) is 0.0964. The molecule has 0 aliphatic rings. The summed E-state index contributed by atoms with van der Waals surface area (Å²) < 4.78 is 26.2. The van der Waals surface area contributed by atoms with E-state index in [4.69, 9.17) is 5.11 Å². The van der Waals surface area contributed by atoms with Gasteiger partial charge in [0.2, 0.25) is 0 Å². The van der Waals surface area contributed by atoms with Crippen LogP contribution in [-0.4, -0.2) is 13.5 Å². The van der Waals surface area contributed by atoms with E-state index in [2.05, 4.69) is 10.8 Å². The van der Waals surface area contributed by atoms with Crippen molar-refractivity contribution in [1.82, 2.24) is 0 Å². The molecule has 0 aromatic heterocycles. The highest BCUT2D eigenvalue weighted by Crippen LogP contribution is 2.17. The van der Waals surface area contributed by atoms with E-state index in [9.17, 15) is 8.42 Å². The third-order valence-corrected chi connectivity index (χ3v) is 3.50. The molecule has 2 aromatic rings. The maximum Gasteiger partial charge on any atom is 0.261 e. The van der Waals surface area contributed by atoms with Gasteiger partial charge in [0.25, 0.3) is 10.0 Å². The molecular formula is C12H10NO3S. The van der Waals surface area contributed by atoms with Gasteiger partial charge in [0, 0.05) is 5.69 Å². The number of rotatable bonds is 3. The molecule has 0 heterocycles. The second kappa shape index (κ2) is 4.47. The molecule has 1 radical (unpaired) electrons. The summed E-state index contributed by atoms with van der Waals surface area (Å²) in [5, 5.41) is 9.09. The Morgan fingerprint density at radius 1 is 1.12 bits per heavy atom. The number of sulfonamides is 1. The third-order valence-electron chi connectivity index (χ3n) is 2.11. The smallest absolute Gasteiger partial charge is 0.261 e. The summed E-state index contributed by atoms with van der Waals surface area (Å²) >= 11 is 0. The van der Waals surface area contributed by atoms with Gasteiger partial charge in [-0.05, 0) is 42.5 Å². The van der Waals surface area contributed by atoms with Crippen molar-refractivity contribution in [3.8, 4) is 5.75 Å². The van der Waals surface area contributed by atoms with E-state index in [-0.39, 0.29) is 10.6 Å². The molecule has 2 rings (SSSR count). The molecule has 0 spiro atoms. The number of phenolic OH excluding ortho intramolecular Hbond substituents is 1. The predicted molar refractivity (Wildman–Crippen MR) is 64.2 cm³/mol. The Balaban J connectivity index is 2.29. The van der Waals surface area contributed by atoms with Crippen molar-refractivity contribution in [2.75, 3.05) is 4.72 Å². The SMILES string of the molecule is O=S(=O)(Nc1c[c]ccc1)c1ccc(O)cc1. The van der Waals surface area contributed by atoms with Crippen molar-refractivity contribution in [2.24, 2.45) is 0 Å². The van der Waals surface area contributed by atoms with Crippen molar-refractivity contribution in [3.63, 3.8) is 0 Å².